The molecular formula is C9H18N2O3. The van der Waals surface area contributed by atoms with E-state index < -0.39 is 12.0 Å². The fourth-order valence-electron chi connectivity index (χ4n) is 1.71. The Morgan fingerprint density at radius 1 is 1.50 bits per heavy atom. The Balaban J connectivity index is 2.25. The van der Waals surface area contributed by atoms with Crippen LogP contribution in [-0.2, 0) is 4.79 Å². The minimum absolute atomic E-state index is 0.0160. The Kier molecular flexibility index (Phi) is 4.31. The molecule has 1 fully saturated rings. The number of carbonyl (C=O) groups excluding carboxylic acids is 1. The van der Waals surface area contributed by atoms with Crippen LogP contribution in [0.4, 0.5) is 0 Å². The van der Waals surface area contributed by atoms with Crippen molar-refractivity contribution < 1.29 is 15.0 Å². The van der Waals surface area contributed by atoms with Gasteiger partial charge in [0.05, 0.1) is 6.10 Å². The Labute approximate surface area is 83.3 Å². The highest BCUT2D eigenvalue weighted by molar-refractivity contribution is 5.78. The van der Waals surface area contributed by atoms with E-state index in [4.69, 9.17) is 10.8 Å². The van der Waals surface area contributed by atoms with Crippen LogP contribution in [0.1, 0.15) is 25.7 Å². The molecule has 1 amide bonds. The summed E-state index contributed by atoms with van der Waals surface area (Å²) in [5.41, 5.74) is 4.89. The van der Waals surface area contributed by atoms with Gasteiger partial charge in [-0.15, -0.1) is 0 Å². The molecule has 1 aliphatic rings. The molecule has 1 unspecified atom stereocenters. The topological polar surface area (TPSA) is 95.6 Å². The number of aliphatic hydroxyl groups is 2. The summed E-state index contributed by atoms with van der Waals surface area (Å²) in [6, 6.07) is -0.0160. The number of amides is 1. The monoisotopic (exact) mass is 202 g/mol. The number of aliphatic hydroxyl groups excluding tert-OH is 2. The first-order chi connectivity index (χ1) is 6.61. The minimum Gasteiger partial charge on any atom is -0.392 e. The maximum absolute atomic E-state index is 10.5. The zero-order valence-electron chi connectivity index (χ0n) is 8.15. The summed E-state index contributed by atoms with van der Waals surface area (Å²) in [6.07, 6.45) is 2.24. The van der Waals surface area contributed by atoms with Gasteiger partial charge in [0.25, 0.3) is 0 Å². The average molecular weight is 202 g/mol. The summed E-state index contributed by atoms with van der Waals surface area (Å²) in [6.45, 7) is 0.122. The summed E-state index contributed by atoms with van der Waals surface area (Å²) in [4.78, 5) is 10.5. The van der Waals surface area contributed by atoms with Gasteiger partial charge in [-0.25, -0.2) is 0 Å². The lowest BCUT2D eigenvalue weighted by atomic mass is 9.92. The summed E-state index contributed by atoms with van der Waals surface area (Å²) < 4.78 is 0. The van der Waals surface area contributed by atoms with Gasteiger partial charge in [0.15, 0.2) is 0 Å². The van der Waals surface area contributed by atoms with Crippen molar-refractivity contribution in [3.63, 3.8) is 0 Å². The van der Waals surface area contributed by atoms with Gasteiger partial charge in [-0.05, 0) is 12.8 Å². The normalized spacial score (nSPS) is 29.9. The van der Waals surface area contributed by atoms with Crippen LogP contribution in [0.5, 0.6) is 0 Å². The third-order valence-electron chi connectivity index (χ3n) is 2.63. The van der Waals surface area contributed by atoms with E-state index in [9.17, 15) is 9.90 Å². The molecule has 1 saturated carbocycles. The molecule has 3 atom stereocenters. The average Bonchev–Trinajstić information content (AvgIpc) is 2.16. The van der Waals surface area contributed by atoms with Gasteiger partial charge in [-0.1, -0.05) is 12.8 Å². The van der Waals surface area contributed by atoms with Crippen molar-refractivity contribution in [3.05, 3.63) is 0 Å². The van der Waals surface area contributed by atoms with Crippen LogP contribution in [0.15, 0.2) is 0 Å². The molecule has 0 aromatic carbocycles. The molecular weight excluding hydrogens is 184 g/mol. The van der Waals surface area contributed by atoms with Crippen molar-refractivity contribution in [1.82, 2.24) is 5.32 Å². The predicted molar refractivity (Wildman–Crippen MR) is 51.5 cm³/mol. The summed E-state index contributed by atoms with van der Waals surface area (Å²) in [7, 11) is 0. The van der Waals surface area contributed by atoms with E-state index in [1.54, 1.807) is 0 Å². The number of carbonyl (C=O) groups is 1. The number of hydrogen-bond acceptors (Lipinski definition) is 4. The van der Waals surface area contributed by atoms with Crippen LogP contribution in [0.25, 0.3) is 0 Å². The summed E-state index contributed by atoms with van der Waals surface area (Å²) >= 11 is 0. The number of hydrogen-bond donors (Lipinski definition) is 4. The standard InChI is InChI=1S/C9H18N2O3/c10-9(14)8(13)5-11-6-3-1-2-4-7(6)12/h6-8,11-13H,1-5H2,(H2,10,14)/t6-,7-,8?/m1/s1. The highest BCUT2D eigenvalue weighted by atomic mass is 16.3. The molecule has 0 saturated heterocycles. The molecule has 1 rings (SSSR count). The van der Waals surface area contributed by atoms with E-state index in [1.165, 1.54) is 0 Å². The Hall–Kier alpha value is -0.650. The molecule has 5 nitrogen and oxygen atoms in total. The third kappa shape index (κ3) is 3.25. The van der Waals surface area contributed by atoms with Crippen LogP contribution >= 0.6 is 0 Å². The Morgan fingerprint density at radius 2 is 2.14 bits per heavy atom. The number of rotatable bonds is 4. The zero-order chi connectivity index (χ0) is 10.6. The van der Waals surface area contributed by atoms with Crippen molar-refractivity contribution in [2.75, 3.05) is 6.54 Å². The fourth-order valence-corrected chi connectivity index (χ4v) is 1.71. The molecule has 0 bridgehead atoms. The van der Waals surface area contributed by atoms with Crippen LogP contribution < -0.4 is 11.1 Å². The van der Waals surface area contributed by atoms with E-state index in [2.05, 4.69) is 5.32 Å². The molecule has 14 heavy (non-hydrogen) atoms. The molecule has 0 heterocycles. The van der Waals surface area contributed by atoms with Crippen LogP contribution in [-0.4, -0.2) is 40.9 Å². The van der Waals surface area contributed by atoms with Gasteiger partial charge in [-0.2, -0.15) is 0 Å². The van der Waals surface area contributed by atoms with E-state index in [-0.39, 0.29) is 18.7 Å². The maximum Gasteiger partial charge on any atom is 0.247 e. The van der Waals surface area contributed by atoms with Gasteiger partial charge in [0, 0.05) is 12.6 Å². The van der Waals surface area contributed by atoms with E-state index in [0.29, 0.717) is 0 Å². The molecule has 0 aromatic rings. The second-order valence-electron chi connectivity index (χ2n) is 3.78. The molecule has 5 N–H and O–H groups in total. The van der Waals surface area contributed by atoms with Crippen molar-refractivity contribution in [3.8, 4) is 0 Å². The van der Waals surface area contributed by atoms with Gasteiger partial charge in [0.2, 0.25) is 5.91 Å². The van der Waals surface area contributed by atoms with Crippen LogP contribution in [0.2, 0.25) is 0 Å². The largest absolute Gasteiger partial charge is 0.392 e. The van der Waals surface area contributed by atoms with Gasteiger partial charge < -0.3 is 21.3 Å². The van der Waals surface area contributed by atoms with Gasteiger partial charge >= 0.3 is 0 Å². The number of nitrogens with one attached hydrogen (secondary N) is 1. The first-order valence-corrected chi connectivity index (χ1v) is 5.00. The molecule has 0 aliphatic heterocycles. The SMILES string of the molecule is NC(=O)C(O)CN[C@@H]1CCCC[C@H]1O. The van der Waals surface area contributed by atoms with Crippen LogP contribution in [0, 0.1) is 0 Å². The smallest absolute Gasteiger partial charge is 0.247 e. The van der Waals surface area contributed by atoms with Crippen molar-refractivity contribution in [2.24, 2.45) is 5.73 Å². The first kappa shape index (κ1) is 11.4. The molecule has 1 aliphatic carbocycles. The Morgan fingerprint density at radius 3 is 2.71 bits per heavy atom. The maximum atomic E-state index is 10.5. The molecule has 0 radical (unpaired) electrons. The minimum atomic E-state index is -1.16. The second kappa shape index (κ2) is 5.29. The Bertz CT molecular complexity index is 198. The number of primary amides is 1. The summed E-state index contributed by atoms with van der Waals surface area (Å²) in [5.74, 6) is -0.734. The van der Waals surface area contributed by atoms with Gasteiger partial charge in [-0.3, -0.25) is 4.79 Å². The molecule has 0 aromatic heterocycles. The highest BCUT2D eigenvalue weighted by Gasteiger charge is 2.23. The quantitative estimate of drug-likeness (QED) is 0.457. The lowest BCUT2D eigenvalue weighted by molar-refractivity contribution is -0.125. The number of nitrogens with two attached hydrogens (primary N) is 1. The molecule has 82 valence electrons. The van der Waals surface area contributed by atoms with Gasteiger partial charge in [0.1, 0.15) is 6.10 Å². The van der Waals surface area contributed by atoms with Crippen molar-refractivity contribution in [1.29, 1.82) is 0 Å². The van der Waals surface area contributed by atoms with E-state index >= 15 is 0 Å². The first-order valence-electron chi connectivity index (χ1n) is 5.00. The van der Waals surface area contributed by atoms with Crippen molar-refractivity contribution in [2.45, 2.75) is 43.9 Å². The highest BCUT2D eigenvalue weighted by Crippen LogP contribution is 2.18. The van der Waals surface area contributed by atoms with Crippen LogP contribution in [0.3, 0.4) is 0 Å². The molecule has 0 spiro atoms. The second-order valence-corrected chi connectivity index (χ2v) is 3.78. The lowest BCUT2D eigenvalue weighted by Gasteiger charge is -2.28. The fraction of sp³-hybridized carbons (Fsp3) is 0.889. The lowest BCUT2D eigenvalue weighted by Crippen LogP contribution is -2.47. The third-order valence-corrected chi connectivity index (χ3v) is 2.63. The zero-order valence-corrected chi connectivity index (χ0v) is 8.15. The van der Waals surface area contributed by atoms with Crippen molar-refractivity contribution >= 4 is 5.91 Å². The predicted octanol–water partition coefficient (Wildman–Crippen LogP) is -1.27. The summed E-state index contributed by atoms with van der Waals surface area (Å²) in [5, 5.41) is 21.6. The molecule has 5 heteroatoms. The van der Waals surface area contributed by atoms with E-state index in [0.717, 1.165) is 25.7 Å². The van der Waals surface area contributed by atoms with E-state index in [1.807, 2.05) is 0 Å².